The molecule has 1 aliphatic rings. The first-order valence-corrected chi connectivity index (χ1v) is 7.44. The van der Waals surface area contributed by atoms with Crippen LogP contribution >= 0.6 is 23.5 Å². The molecule has 0 amide bonds. The van der Waals surface area contributed by atoms with Crippen molar-refractivity contribution in [1.82, 2.24) is 0 Å². The Hall–Kier alpha value is 0.170. The SMILES string of the molecule is COC(=O)C1CCC(SC)CC1SC. The van der Waals surface area contributed by atoms with Crippen molar-refractivity contribution in [2.45, 2.75) is 29.8 Å². The van der Waals surface area contributed by atoms with Crippen molar-refractivity contribution in [1.29, 1.82) is 0 Å². The number of thioether (sulfide) groups is 2. The molecule has 0 heterocycles. The highest BCUT2D eigenvalue weighted by molar-refractivity contribution is 8.00. The van der Waals surface area contributed by atoms with Crippen LogP contribution in [0.5, 0.6) is 0 Å². The van der Waals surface area contributed by atoms with Crippen molar-refractivity contribution in [3.63, 3.8) is 0 Å². The minimum atomic E-state index is -0.0242. The molecule has 0 aromatic rings. The van der Waals surface area contributed by atoms with Gasteiger partial charge in [-0.25, -0.2) is 0 Å². The molecule has 1 fully saturated rings. The number of methoxy groups -OCH3 is 1. The minimum absolute atomic E-state index is 0.0242. The Bertz CT molecular complexity index is 197. The van der Waals surface area contributed by atoms with Gasteiger partial charge in [-0.15, -0.1) is 0 Å². The van der Waals surface area contributed by atoms with Gasteiger partial charge in [-0.05, 0) is 31.8 Å². The van der Waals surface area contributed by atoms with E-state index < -0.39 is 0 Å². The van der Waals surface area contributed by atoms with E-state index in [1.165, 1.54) is 7.11 Å². The fourth-order valence-corrected chi connectivity index (χ4v) is 3.88. The standard InChI is InChI=1S/C10H18O2S2/c1-12-10(11)8-5-4-7(13-2)6-9(8)14-3/h7-9H,4-6H2,1-3H3. The summed E-state index contributed by atoms with van der Waals surface area (Å²) in [4.78, 5) is 11.5. The third-order valence-electron chi connectivity index (χ3n) is 2.88. The Kier molecular flexibility index (Phi) is 5.17. The Morgan fingerprint density at radius 1 is 1.29 bits per heavy atom. The molecule has 14 heavy (non-hydrogen) atoms. The van der Waals surface area contributed by atoms with Gasteiger partial charge in [-0.3, -0.25) is 4.79 Å². The van der Waals surface area contributed by atoms with E-state index in [1.54, 1.807) is 11.8 Å². The second-order valence-corrected chi connectivity index (χ2v) is 5.79. The van der Waals surface area contributed by atoms with Gasteiger partial charge in [0.1, 0.15) is 0 Å². The van der Waals surface area contributed by atoms with E-state index in [9.17, 15) is 4.79 Å². The van der Waals surface area contributed by atoms with Crippen molar-refractivity contribution < 1.29 is 9.53 Å². The van der Waals surface area contributed by atoms with E-state index in [0.29, 0.717) is 5.25 Å². The summed E-state index contributed by atoms with van der Waals surface area (Å²) < 4.78 is 4.83. The van der Waals surface area contributed by atoms with Crippen LogP contribution in [0.25, 0.3) is 0 Å². The molecule has 82 valence electrons. The maximum absolute atomic E-state index is 11.5. The number of hydrogen-bond donors (Lipinski definition) is 0. The lowest BCUT2D eigenvalue weighted by molar-refractivity contribution is -0.146. The van der Waals surface area contributed by atoms with Crippen LogP contribution in [0.2, 0.25) is 0 Å². The molecule has 0 aliphatic heterocycles. The Morgan fingerprint density at radius 3 is 2.50 bits per heavy atom. The zero-order valence-electron chi connectivity index (χ0n) is 8.99. The Morgan fingerprint density at radius 2 is 2.00 bits per heavy atom. The lowest BCUT2D eigenvalue weighted by Gasteiger charge is -2.32. The van der Waals surface area contributed by atoms with Gasteiger partial charge in [-0.1, -0.05) is 0 Å². The largest absolute Gasteiger partial charge is 0.469 e. The van der Waals surface area contributed by atoms with Gasteiger partial charge in [0, 0.05) is 10.5 Å². The summed E-state index contributed by atoms with van der Waals surface area (Å²) in [7, 11) is 1.49. The van der Waals surface area contributed by atoms with E-state index in [-0.39, 0.29) is 11.9 Å². The molecule has 3 atom stereocenters. The summed E-state index contributed by atoms with van der Waals surface area (Å²) in [6.07, 6.45) is 7.52. The van der Waals surface area contributed by atoms with Crippen LogP contribution in [-0.2, 0) is 9.53 Å². The zero-order valence-corrected chi connectivity index (χ0v) is 10.6. The summed E-state index contributed by atoms with van der Waals surface area (Å²) in [5.74, 6) is 0.0994. The topological polar surface area (TPSA) is 26.3 Å². The molecule has 3 unspecified atom stereocenters. The number of esters is 1. The maximum Gasteiger partial charge on any atom is 0.309 e. The van der Waals surface area contributed by atoms with Gasteiger partial charge >= 0.3 is 5.97 Å². The molecule has 1 saturated carbocycles. The molecular formula is C10H18O2S2. The number of ether oxygens (including phenoxy) is 1. The normalized spacial score (nSPS) is 32.6. The second-order valence-electron chi connectivity index (χ2n) is 3.57. The molecular weight excluding hydrogens is 216 g/mol. The Balaban J connectivity index is 2.56. The van der Waals surface area contributed by atoms with Crippen LogP contribution in [0.3, 0.4) is 0 Å². The molecule has 0 bridgehead atoms. The molecule has 0 spiro atoms. The second kappa shape index (κ2) is 5.91. The summed E-state index contributed by atoms with van der Waals surface area (Å²) in [5.41, 5.74) is 0. The first kappa shape index (κ1) is 12.2. The monoisotopic (exact) mass is 234 g/mol. The Labute approximate surface area is 94.5 Å². The number of hydrogen-bond acceptors (Lipinski definition) is 4. The maximum atomic E-state index is 11.5. The highest BCUT2D eigenvalue weighted by atomic mass is 32.2. The average molecular weight is 234 g/mol. The molecule has 1 aliphatic carbocycles. The summed E-state index contributed by atoms with van der Waals surface area (Å²) >= 11 is 3.72. The fourth-order valence-electron chi connectivity index (χ4n) is 1.99. The summed E-state index contributed by atoms with van der Waals surface area (Å²) in [5, 5.41) is 1.18. The summed E-state index contributed by atoms with van der Waals surface area (Å²) in [6, 6.07) is 0. The smallest absolute Gasteiger partial charge is 0.309 e. The van der Waals surface area contributed by atoms with Crippen LogP contribution in [0.4, 0.5) is 0 Å². The molecule has 0 radical (unpaired) electrons. The van der Waals surface area contributed by atoms with E-state index >= 15 is 0 Å². The molecule has 0 N–H and O–H groups in total. The highest BCUT2D eigenvalue weighted by Crippen LogP contribution is 2.37. The number of rotatable bonds is 3. The van der Waals surface area contributed by atoms with Gasteiger partial charge in [0.15, 0.2) is 0 Å². The van der Waals surface area contributed by atoms with Crippen molar-refractivity contribution >= 4 is 29.5 Å². The molecule has 1 rings (SSSR count). The molecule has 4 heteroatoms. The van der Waals surface area contributed by atoms with Gasteiger partial charge in [0.2, 0.25) is 0 Å². The zero-order chi connectivity index (χ0) is 10.6. The molecule has 2 nitrogen and oxygen atoms in total. The number of carbonyl (C=O) groups excluding carboxylic acids is 1. The van der Waals surface area contributed by atoms with Gasteiger partial charge in [0.05, 0.1) is 13.0 Å². The third-order valence-corrected chi connectivity index (χ3v) is 5.10. The molecule has 0 saturated heterocycles. The van der Waals surface area contributed by atoms with Crippen LogP contribution in [0.15, 0.2) is 0 Å². The van der Waals surface area contributed by atoms with Gasteiger partial charge < -0.3 is 4.74 Å². The van der Waals surface area contributed by atoms with E-state index in [4.69, 9.17) is 4.74 Å². The van der Waals surface area contributed by atoms with Crippen LogP contribution in [-0.4, -0.2) is 36.1 Å². The highest BCUT2D eigenvalue weighted by Gasteiger charge is 2.34. The van der Waals surface area contributed by atoms with Crippen molar-refractivity contribution in [3.05, 3.63) is 0 Å². The lowest BCUT2D eigenvalue weighted by Crippen LogP contribution is -2.34. The third kappa shape index (κ3) is 2.83. The molecule has 0 aromatic carbocycles. The minimum Gasteiger partial charge on any atom is -0.469 e. The van der Waals surface area contributed by atoms with Gasteiger partial charge in [-0.2, -0.15) is 23.5 Å². The van der Waals surface area contributed by atoms with Crippen molar-refractivity contribution in [3.8, 4) is 0 Å². The summed E-state index contributed by atoms with van der Waals surface area (Å²) in [6.45, 7) is 0. The first-order chi connectivity index (χ1) is 6.72. The first-order valence-electron chi connectivity index (χ1n) is 4.86. The predicted molar refractivity (Wildman–Crippen MR) is 64.0 cm³/mol. The average Bonchev–Trinajstić information content (AvgIpc) is 2.27. The molecule has 0 aromatic heterocycles. The number of carbonyl (C=O) groups is 1. The lowest BCUT2D eigenvalue weighted by atomic mass is 9.88. The predicted octanol–water partition coefficient (Wildman–Crippen LogP) is 2.42. The van der Waals surface area contributed by atoms with E-state index in [2.05, 4.69) is 12.5 Å². The van der Waals surface area contributed by atoms with E-state index in [0.717, 1.165) is 24.5 Å². The van der Waals surface area contributed by atoms with Crippen LogP contribution in [0, 0.1) is 5.92 Å². The van der Waals surface area contributed by atoms with Gasteiger partial charge in [0.25, 0.3) is 0 Å². The van der Waals surface area contributed by atoms with Crippen LogP contribution in [0.1, 0.15) is 19.3 Å². The van der Waals surface area contributed by atoms with E-state index in [1.807, 2.05) is 11.8 Å². The quantitative estimate of drug-likeness (QED) is 0.701. The van der Waals surface area contributed by atoms with Crippen molar-refractivity contribution in [2.24, 2.45) is 5.92 Å². The fraction of sp³-hybridized carbons (Fsp3) is 0.900. The van der Waals surface area contributed by atoms with Crippen LogP contribution < -0.4 is 0 Å². The van der Waals surface area contributed by atoms with Crippen molar-refractivity contribution in [2.75, 3.05) is 19.6 Å².